The summed E-state index contributed by atoms with van der Waals surface area (Å²) < 4.78 is 21.6. The smallest absolute Gasteiger partial charge is 0.235 e. The zero-order chi connectivity index (χ0) is 8.11. The van der Waals surface area contributed by atoms with Crippen LogP contribution < -0.4 is 5.32 Å². The molecule has 0 radical (unpaired) electrons. The maximum absolute atomic E-state index is 10.8. The monoisotopic (exact) mass is 195 g/mol. The van der Waals surface area contributed by atoms with E-state index in [9.17, 15) is 8.42 Å². The van der Waals surface area contributed by atoms with Gasteiger partial charge in [0.2, 0.25) is 9.05 Å². The van der Waals surface area contributed by atoms with Gasteiger partial charge in [0.25, 0.3) is 0 Å². The summed E-state index contributed by atoms with van der Waals surface area (Å²) in [7, 11) is 1.93. The molecule has 0 atom stereocenters. The highest BCUT2D eigenvalue weighted by Gasteiger charge is 2.52. The van der Waals surface area contributed by atoms with Crippen LogP contribution in [0.4, 0.5) is 0 Å². The van der Waals surface area contributed by atoms with Crippen molar-refractivity contribution in [2.24, 2.45) is 5.41 Å². The van der Waals surface area contributed by atoms with Crippen molar-refractivity contribution < 1.29 is 8.42 Å². The van der Waals surface area contributed by atoms with Gasteiger partial charge in [-0.2, -0.15) is 0 Å². The van der Waals surface area contributed by atoms with Crippen LogP contribution in [0.15, 0.2) is 0 Å². The maximum Gasteiger partial charge on any atom is 0.235 e. The SMILES string of the molecule is O=S(=O)(Cl)C1CC2(CNC2)C1. The molecule has 2 fully saturated rings. The largest absolute Gasteiger partial charge is 0.316 e. The van der Waals surface area contributed by atoms with Gasteiger partial charge in [-0.05, 0) is 18.3 Å². The first-order chi connectivity index (χ1) is 5.02. The van der Waals surface area contributed by atoms with Gasteiger partial charge < -0.3 is 5.32 Å². The second-order valence-corrected chi connectivity index (χ2v) is 6.52. The summed E-state index contributed by atoms with van der Waals surface area (Å²) in [5.41, 5.74) is 0.298. The Labute approximate surface area is 70.5 Å². The summed E-state index contributed by atoms with van der Waals surface area (Å²) in [5, 5.41) is 2.87. The molecule has 0 amide bonds. The van der Waals surface area contributed by atoms with Crippen LogP contribution in [0.1, 0.15) is 12.8 Å². The predicted molar refractivity (Wildman–Crippen MR) is 43.1 cm³/mol. The van der Waals surface area contributed by atoms with Gasteiger partial charge in [0.1, 0.15) is 0 Å². The average Bonchev–Trinajstić information content (AvgIpc) is 1.49. The molecule has 64 valence electrons. The van der Waals surface area contributed by atoms with E-state index < -0.39 is 9.05 Å². The van der Waals surface area contributed by atoms with E-state index in [2.05, 4.69) is 5.32 Å². The molecule has 0 aromatic carbocycles. The van der Waals surface area contributed by atoms with Crippen molar-refractivity contribution in [3.8, 4) is 0 Å². The number of hydrogen-bond donors (Lipinski definition) is 1. The van der Waals surface area contributed by atoms with Crippen LogP contribution in [-0.2, 0) is 9.05 Å². The van der Waals surface area contributed by atoms with Crippen LogP contribution in [0.25, 0.3) is 0 Å². The number of halogens is 1. The highest BCUT2D eigenvalue weighted by molar-refractivity contribution is 8.14. The van der Waals surface area contributed by atoms with Gasteiger partial charge in [0, 0.05) is 23.8 Å². The van der Waals surface area contributed by atoms with Gasteiger partial charge in [-0.3, -0.25) is 0 Å². The van der Waals surface area contributed by atoms with Crippen molar-refractivity contribution in [1.82, 2.24) is 5.32 Å². The van der Waals surface area contributed by atoms with E-state index in [0.717, 1.165) is 25.9 Å². The molecule has 11 heavy (non-hydrogen) atoms. The lowest BCUT2D eigenvalue weighted by atomic mass is 9.64. The van der Waals surface area contributed by atoms with Crippen LogP contribution in [0.5, 0.6) is 0 Å². The molecule has 1 saturated heterocycles. The van der Waals surface area contributed by atoms with Crippen LogP contribution in [0, 0.1) is 5.41 Å². The molecule has 0 unspecified atom stereocenters. The minimum Gasteiger partial charge on any atom is -0.316 e. The van der Waals surface area contributed by atoms with E-state index in [-0.39, 0.29) is 5.25 Å². The Hall–Kier alpha value is 0.200. The molecule has 1 saturated carbocycles. The van der Waals surface area contributed by atoms with Crippen molar-refractivity contribution in [2.75, 3.05) is 13.1 Å². The Bertz CT molecular complexity index is 262. The molecule has 2 rings (SSSR count). The van der Waals surface area contributed by atoms with E-state index >= 15 is 0 Å². The molecule has 5 heteroatoms. The Morgan fingerprint density at radius 2 is 1.91 bits per heavy atom. The Kier molecular flexibility index (Phi) is 1.51. The highest BCUT2D eigenvalue weighted by atomic mass is 35.7. The molecule has 3 nitrogen and oxygen atoms in total. The molecule has 1 N–H and O–H groups in total. The second kappa shape index (κ2) is 2.12. The summed E-state index contributed by atoms with van der Waals surface area (Å²) >= 11 is 0. The van der Waals surface area contributed by atoms with Crippen LogP contribution in [-0.4, -0.2) is 26.8 Å². The summed E-state index contributed by atoms with van der Waals surface area (Å²) in [4.78, 5) is 0. The summed E-state index contributed by atoms with van der Waals surface area (Å²) in [6, 6.07) is 0. The molecular formula is C6H10ClNO2S. The lowest BCUT2D eigenvalue weighted by Gasteiger charge is -2.53. The van der Waals surface area contributed by atoms with Crippen LogP contribution >= 0.6 is 10.7 Å². The van der Waals surface area contributed by atoms with Gasteiger partial charge in [0.05, 0.1) is 5.25 Å². The summed E-state index contributed by atoms with van der Waals surface area (Å²) in [6.45, 7) is 1.94. The lowest BCUT2D eigenvalue weighted by molar-refractivity contribution is 0.0648. The Morgan fingerprint density at radius 1 is 1.36 bits per heavy atom. The predicted octanol–water partition coefficient (Wildman–Crippen LogP) is 0.307. The normalized spacial score (nSPS) is 29.5. The van der Waals surface area contributed by atoms with Crippen molar-refractivity contribution in [2.45, 2.75) is 18.1 Å². The fourth-order valence-electron chi connectivity index (χ4n) is 1.87. The van der Waals surface area contributed by atoms with Crippen molar-refractivity contribution in [3.05, 3.63) is 0 Å². The summed E-state index contributed by atoms with van der Waals surface area (Å²) in [6.07, 6.45) is 1.51. The minimum atomic E-state index is -3.27. The van der Waals surface area contributed by atoms with Crippen molar-refractivity contribution in [3.63, 3.8) is 0 Å². The molecule has 1 aliphatic carbocycles. The van der Waals surface area contributed by atoms with Crippen LogP contribution in [0.3, 0.4) is 0 Å². The van der Waals surface area contributed by atoms with Crippen molar-refractivity contribution >= 4 is 19.7 Å². The molecule has 0 aromatic rings. The van der Waals surface area contributed by atoms with Crippen LogP contribution in [0.2, 0.25) is 0 Å². The molecule has 1 spiro atoms. The van der Waals surface area contributed by atoms with E-state index in [1.54, 1.807) is 0 Å². The molecule has 1 heterocycles. The van der Waals surface area contributed by atoms with Gasteiger partial charge in [-0.25, -0.2) is 8.42 Å². The van der Waals surface area contributed by atoms with Gasteiger partial charge in [0.15, 0.2) is 0 Å². The fourth-order valence-corrected chi connectivity index (χ4v) is 3.36. The molecule has 2 aliphatic rings. The molecule has 0 aromatic heterocycles. The van der Waals surface area contributed by atoms with E-state index in [1.165, 1.54) is 0 Å². The highest BCUT2D eigenvalue weighted by Crippen LogP contribution is 2.47. The second-order valence-electron chi connectivity index (χ2n) is 3.61. The zero-order valence-electron chi connectivity index (χ0n) is 6.01. The third-order valence-corrected chi connectivity index (χ3v) is 4.61. The quantitative estimate of drug-likeness (QED) is 0.613. The fraction of sp³-hybridized carbons (Fsp3) is 1.00. The van der Waals surface area contributed by atoms with E-state index in [1.807, 2.05) is 0 Å². The van der Waals surface area contributed by atoms with Gasteiger partial charge in [-0.15, -0.1) is 0 Å². The average molecular weight is 196 g/mol. The van der Waals surface area contributed by atoms with Crippen molar-refractivity contribution in [1.29, 1.82) is 0 Å². The third kappa shape index (κ3) is 1.17. The number of hydrogen-bond acceptors (Lipinski definition) is 3. The Balaban J connectivity index is 1.98. The number of nitrogens with one attached hydrogen (secondary N) is 1. The first kappa shape index (κ1) is 7.83. The van der Waals surface area contributed by atoms with Gasteiger partial charge >= 0.3 is 0 Å². The first-order valence-electron chi connectivity index (χ1n) is 3.66. The Morgan fingerprint density at radius 3 is 2.18 bits per heavy atom. The lowest BCUT2D eigenvalue weighted by Crippen LogP contribution is -2.62. The summed E-state index contributed by atoms with van der Waals surface area (Å²) in [5.74, 6) is 0. The van der Waals surface area contributed by atoms with E-state index in [4.69, 9.17) is 10.7 Å². The third-order valence-electron chi connectivity index (χ3n) is 2.72. The van der Waals surface area contributed by atoms with E-state index in [0.29, 0.717) is 5.41 Å². The molecule has 1 aliphatic heterocycles. The zero-order valence-corrected chi connectivity index (χ0v) is 7.58. The molecular weight excluding hydrogens is 186 g/mol. The topological polar surface area (TPSA) is 46.2 Å². The standard InChI is InChI=1S/C6H10ClNO2S/c7-11(9,10)5-1-6(2-5)3-8-4-6/h5,8H,1-4H2. The first-order valence-corrected chi connectivity index (χ1v) is 6.03. The maximum atomic E-state index is 10.8. The van der Waals surface area contributed by atoms with Gasteiger partial charge in [-0.1, -0.05) is 0 Å². The molecule has 0 bridgehead atoms. The minimum absolute atomic E-state index is 0.272. The number of rotatable bonds is 1.